The van der Waals surface area contributed by atoms with Crippen molar-refractivity contribution in [3.05, 3.63) is 64.0 Å². The number of aryl methyl sites for hydroxylation is 2. The Morgan fingerprint density at radius 3 is 2.39 bits per heavy atom. The lowest BCUT2D eigenvalue weighted by Gasteiger charge is -2.20. The van der Waals surface area contributed by atoms with Crippen LogP contribution in [0.4, 0.5) is 5.69 Å². The predicted molar refractivity (Wildman–Crippen MR) is 118 cm³/mol. The topological polar surface area (TPSA) is 120 Å². The van der Waals surface area contributed by atoms with Crippen molar-refractivity contribution in [2.45, 2.75) is 55.1 Å². The third-order valence-electron chi connectivity index (χ3n) is 4.23. The average Bonchev–Trinajstić information content (AvgIpc) is 3.00. The van der Waals surface area contributed by atoms with E-state index in [1.165, 1.54) is 12.1 Å². The summed E-state index contributed by atoms with van der Waals surface area (Å²) in [6.45, 7) is 8.84. The van der Waals surface area contributed by atoms with Gasteiger partial charge in [-0.1, -0.05) is 18.2 Å². The van der Waals surface area contributed by atoms with E-state index in [2.05, 4.69) is 14.9 Å². The van der Waals surface area contributed by atoms with E-state index < -0.39 is 20.5 Å². The molecule has 0 bridgehead atoms. The molecule has 1 heterocycles. The van der Waals surface area contributed by atoms with Gasteiger partial charge in [0.1, 0.15) is 5.82 Å². The van der Waals surface area contributed by atoms with E-state index in [4.69, 9.17) is 0 Å². The molecule has 164 valence electrons. The minimum absolute atomic E-state index is 0.171. The Kier molecular flexibility index (Phi) is 6.21. The monoisotopic (exact) mass is 461 g/mol. The highest BCUT2D eigenvalue weighted by atomic mass is 32.2. The van der Waals surface area contributed by atoms with Crippen molar-refractivity contribution in [1.29, 1.82) is 0 Å². The fourth-order valence-electron chi connectivity index (χ4n) is 2.95. The van der Waals surface area contributed by atoms with Gasteiger partial charge in [-0.25, -0.2) is 13.1 Å². The molecular formula is C20H23N5O4S2. The molecule has 31 heavy (non-hydrogen) atoms. The molecule has 0 aliphatic heterocycles. The smallest absolute Gasteiger partial charge is 0.274 e. The molecule has 3 aromatic rings. The van der Waals surface area contributed by atoms with Crippen molar-refractivity contribution in [1.82, 2.24) is 19.5 Å². The maximum absolute atomic E-state index is 12.6. The number of nitro groups is 1. The number of rotatable bonds is 6. The molecule has 0 unspecified atom stereocenters. The van der Waals surface area contributed by atoms with Crippen molar-refractivity contribution in [2.24, 2.45) is 0 Å². The van der Waals surface area contributed by atoms with Gasteiger partial charge >= 0.3 is 0 Å². The molecule has 2 aromatic carbocycles. The summed E-state index contributed by atoms with van der Waals surface area (Å²) in [5, 5.41) is 20.5. The van der Waals surface area contributed by atoms with Crippen molar-refractivity contribution < 1.29 is 13.3 Å². The Bertz CT molecular complexity index is 1250. The zero-order valence-electron chi connectivity index (χ0n) is 17.8. The standard InChI is InChI=1S/C20H23N5O4S2/c1-13-8-6-7-9-16(13)24-14(2)21-22-19(24)30-18-11-10-15(12-17(18)25(26)27)31(28,29)23-20(3,4)5/h6-12,23H,1-5H3. The number of aromatic nitrogens is 3. The fourth-order valence-corrected chi connectivity index (χ4v) is 5.37. The maximum Gasteiger partial charge on any atom is 0.284 e. The van der Waals surface area contributed by atoms with Gasteiger partial charge in [-0.15, -0.1) is 10.2 Å². The molecule has 11 heteroatoms. The first-order valence-corrected chi connectivity index (χ1v) is 11.7. The van der Waals surface area contributed by atoms with Crippen LogP contribution in [0.3, 0.4) is 0 Å². The molecule has 1 N–H and O–H groups in total. The van der Waals surface area contributed by atoms with Crippen molar-refractivity contribution in [3.8, 4) is 5.69 Å². The van der Waals surface area contributed by atoms with Crippen LogP contribution in [0, 0.1) is 24.0 Å². The van der Waals surface area contributed by atoms with E-state index >= 15 is 0 Å². The summed E-state index contributed by atoms with van der Waals surface area (Å²) in [7, 11) is -3.91. The van der Waals surface area contributed by atoms with Gasteiger partial charge in [-0.05, 0) is 70.1 Å². The number of para-hydroxylation sites is 1. The van der Waals surface area contributed by atoms with Crippen LogP contribution in [0.1, 0.15) is 32.2 Å². The maximum atomic E-state index is 12.6. The third kappa shape index (κ3) is 5.12. The van der Waals surface area contributed by atoms with Crippen LogP contribution >= 0.6 is 11.8 Å². The van der Waals surface area contributed by atoms with Crippen molar-refractivity contribution in [2.75, 3.05) is 0 Å². The molecule has 0 atom stereocenters. The summed E-state index contributed by atoms with van der Waals surface area (Å²) in [6.07, 6.45) is 0. The van der Waals surface area contributed by atoms with Crippen LogP contribution in [0.2, 0.25) is 0 Å². The van der Waals surface area contributed by atoms with E-state index in [0.717, 1.165) is 29.1 Å². The molecular weight excluding hydrogens is 438 g/mol. The first-order chi connectivity index (χ1) is 14.4. The number of hydrogen-bond donors (Lipinski definition) is 1. The Balaban J connectivity index is 2.05. The van der Waals surface area contributed by atoms with Crippen LogP contribution in [-0.4, -0.2) is 33.6 Å². The van der Waals surface area contributed by atoms with Gasteiger partial charge in [0.25, 0.3) is 5.69 Å². The van der Waals surface area contributed by atoms with Gasteiger partial charge < -0.3 is 0 Å². The molecule has 0 fully saturated rings. The molecule has 0 aliphatic rings. The number of benzene rings is 2. The zero-order chi connectivity index (χ0) is 23.0. The molecule has 0 spiro atoms. The van der Waals surface area contributed by atoms with Gasteiger partial charge in [0.2, 0.25) is 15.2 Å². The third-order valence-corrected chi connectivity index (χ3v) is 7.00. The molecule has 0 saturated heterocycles. The van der Waals surface area contributed by atoms with Crippen molar-refractivity contribution in [3.63, 3.8) is 0 Å². The molecule has 0 saturated carbocycles. The Labute approximate surface area is 185 Å². The second-order valence-electron chi connectivity index (χ2n) is 8.00. The average molecular weight is 462 g/mol. The van der Waals surface area contributed by atoms with Gasteiger partial charge in [0.05, 0.1) is 20.4 Å². The lowest BCUT2D eigenvalue weighted by molar-refractivity contribution is -0.388. The highest BCUT2D eigenvalue weighted by Gasteiger charge is 2.27. The van der Waals surface area contributed by atoms with Crippen molar-refractivity contribution >= 4 is 27.5 Å². The molecule has 3 rings (SSSR count). The zero-order valence-corrected chi connectivity index (χ0v) is 19.4. The number of nitrogens with zero attached hydrogens (tertiary/aromatic N) is 4. The second-order valence-corrected chi connectivity index (χ2v) is 10.7. The Hall–Kier alpha value is -2.76. The lowest BCUT2D eigenvalue weighted by Crippen LogP contribution is -2.40. The minimum Gasteiger partial charge on any atom is -0.274 e. The Morgan fingerprint density at radius 2 is 1.77 bits per heavy atom. The van der Waals surface area contributed by atoms with Crippen LogP contribution in [0.5, 0.6) is 0 Å². The Morgan fingerprint density at radius 1 is 1.10 bits per heavy atom. The molecule has 0 aliphatic carbocycles. The SMILES string of the molecule is Cc1ccccc1-n1c(C)nnc1Sc1ccc(S(=O)(=O)NC(C)(C)C)cc1[N+](=O)[O-]. The summed E-state index contributed by atoms with van der Waals surface area (Å²) in [5.41, 5.74) is 0.821. The second kappa shape index (κ2) is 8.40. The first-order valence-electron chi connectivity index (χ1n) is 9.37. The summed E-state index contributed by atoms with van der Waals surface area (Å²) >= 11 is 1.06. The highest BCUT2D eigenvalue weighted by molar-refractivity contribution is 7.99. The van der Waals surface area contributed by atoms with Gasteiger partial charge in [-0.2, -0.15) is 0 Å². The summed E-state index contributed by atoms with van der Waals surface area (Å²) in [4.78, 5) is 11.2. The number of hydrogen-bond acceptors (Lipinski definition) is 7. The number of nitro benzene ring substituents is 1. The van der Waals surface area contributed by atoms with E-state index in [-0.39, 0.29) is 15.5 Å². The normalized spacial score (nSPS) is 12.2. The van der Waals surface area contributed by atoms with E-state index in [9.17, 15) is 18.5 Å². The molecule has 0 radical (unpaired) electrons. The molecule has 0 amide bonds. The van der Waals surface area contributed by atoms with Crippen LogP contribution in [-0.2, 0) is 10.0 Å². The van der Waals surface area contributed by atoms with Gasteiger partial charge in [0, 0.05) is 11.6 Å². The molecule has 9 nitrogen and oxygen atoms in total. The summed E-state index contributed by atoms with van der Waals surface area (Å²) < 4.78 is 29.5. The van der Waals surface area contributed by atoms with Gasteiger partial charge in [-0.3, -0.25) is 14.7 Å². The van der Waals surface area contributed by atoms with Crippen LogP contribution in [0.15, 0.2) is 57.4 Å². The minimum atomic E-state index is -3.91. The largest absolute Gasteiger partial charge is 0.284 e. The predicted octanol–water partition coefficient (Wildman–Crippen LogP) is 4.02. The summed E-state index contributed by atoms with van der Waals surface area (Å²) in [5.74, 6) is 0.632. The van der Waals surface area contributed by atoms with Gasteiger partial charge in [0.15, 0.2) is 0 Å². The summed E-state index contributed by atoms with van der Waals surface area (Å²) in [6, 6.07) is 11.5. The van der Waals surface area contributed by atoms with Crippen LogP contribution in [0.25, 0.3) is 5.69 Å². The van der Waals surface area contributed by atoms with E-state index in [1.54, 1.807) is 27.7 Å². The first kappa shape index (κ1) is 22.9. The fraction of sp³-hybridized carbons (Fsp3) is 0.300. The lowest BCUT2D eigenvalue weighted by atomic mass is 10.1. The number of sulfonamides is 1. The van der Waals surface area contributed by atoms with Crippen LogP contribution < -0.4 is 4.72 Å². The van der Waals surface area contributed by atoms with E-state index in [0.29, 0.717) is 11.0 Å². The highest BCUT2D eigenvalue weighted by Crippen LogP contribution is 2.37. The van der Waals surface area contributed by atoms with E-state index in [1.807, 2.05) is 35.8 Å². The molecule has 1 aromatic heterocycles. The quantitative estimate of drug-likeness (QED) is 0.435. The number of nitrogens with one attached hydrogen (secondary N) is 1.